The number of nitrogens with zero attached hydrogens (tertiary/aromatic N) is 4. The van der Waals surface area contributed by atoms with Crippen LogP contribution in [0.2, 0.25) is 0 Å². The average Bonchev–Trinajstić information content (AvgIpc) is 3.05. The van der Waals surface area contributed by atoms with Gasteiger partial charge < -0.3 is 5.32 Å². The fourth-order valence-corrected chi connectivity index (χ4v) is 2.92. The molecular formula is C14H15N5OS. The number of aromatic nitrogens is 4. The van der Waals surface area contributed by atoms with Gasteiger partial charge in [-0.25, -0.2) is 9.67 Å². The van der Waals surface area contributed by atoms with Crippen LogP contribution < -0.4 is 5.32 Å². The van der Waals surface area contributed by atoms with E-state index in [9.17, 15) is 4.79 Å². The second-order valence-electron chi connectivity index (χ2n) is 4.78. The molecule has 0 fully saturated rings. The number of carbonyl (C=O) groups is 1. The van der Waals surface area contributed by atoms with Crippen LogP contribution in [-0.2, 0) is 13.5 Å². The van der Waals surface area contributed by atoms with E-state index in [0.717, 1.165) is 23.1 Å². The number of hydrogen-bond donors (Lipinski definition) is 1. The van der Waals surface area contributed by atoms with E-state index in [2.05, 4.69) is 20.6 Å². The molecule has 3 rings (SSSR count). The molecule has 0 saturated heterocycles. The number of benzene rings is 1. The van der Waals surface area contributed by atoms with Crippen molar-refractivity contribution in [2.24, 2.45) is 7.05 Å². The van der Waals surface area contributed by atoms with Crippen LogP contribution in [0.15, 0.2) is 23.7 Å². The van der Waals surface area contributed by atoms with E-state index < -0.39 is 0 Å². The van der Waals surface area contributed by atoms with Crippen molar-refractivity contribution in [2.75, 3.05) is 6.54 Å². The summed E-state index contributed by atoms with van der Waals surface area (Å²) in [5, 5.41) is 10.9. The van der Waals surface area contributed by atoms with Crippen molar-refractivity contribution >= 4 is 28.3 Å². The summed E-state index contributed by atoms with van der Waals surface area (Å²) in [6.07, 6.45) is 0.801. The second-order valence-corrected chi connectivity index (χ2v) is 5.72. The first-order valence-corrected chi connectivity index (χ1v) is 7.49. The van der Waals surface area contributed by atoms with E-state index in [1.54, 1.807) is 28.2 Å². The predicted molar refractivity (Wildman–Crippen MR) is 81.4 cm³/mol. The quantitative estimate of drug-likeness (QED) is 0.796. The molecule has 21 heavy (non-hydrogen) atoms. The number of fused-ring (bicyclic) bond motifs is 1. The molecule has 0 aliphatic rings. The average molecular weight is 301 g/mol. The fraction of sp³-hybridized carbons (Fsp3) is 0.286. The van der Waals surface area contributed by atoms with E-state index in [1.165, 1.54) is 4.88 Å². The van der Waals surface area contributed by atoms with Gasteiger partial charge in [-0.15, -0.1) is 16.4 Å². The highest BCUT2D eigenvalue weighted by molar-refractivity contribution is 7.09. The Morgan fingerprint density at radius 1 is 1.43 bits per heavy atom. The smallest absolute Gasteiger partial charge is 0.251 e. The lowest BCUT2D eigenvalue weighted by atomic mass is 10.2. The van der Waals surface area contributed by atoms with E-state index in [4.69, 9.17) is 0 Å². The molecule has 1 amide bonds. The van der Waals surface area contributed by atoms with Crippen molar-refractivity contribution in [1.29, 1.82) is 0 Å². The Bertz CT molecular complexity index is 792. The number of thiazole rings is 1. The molecule has 2 aromatic heterocycles. The highest BCUT2D eigenvalue weighted by Gasteiger charge is 2.09. The summed E-state index contributed by atoms with van der Waals surface area (Å²) in [5.41, 5.74) is 5.10. The zero-order valence-electron chi connectivity index (χ0n) is 11.8. The van der Waals surface area contributed by atoms with Gasteiger partial charge >= 0.3 is 0 Å². The molecule has 0 bridgehead atoms. The van der Waals surface area contributed by atoms with Gasteiger partial charge in [0.15, 0.2) is 0 Å². The van der Waals surface area contributed by atoms with Crippen molar-refractivity contribution in [2.45, 2.75) is 13.3 Å². The summed E-state index contributed by atoms with van der Waals surface area (Å²) in [4.78, 5) is 17.5. The normalized spacial score (nSPS) is 11.0. The lowest BCUT2D eigenvalue weighted by Crippen LogP contribution is -2.25. The topological polar surface area (TPSA) is 72.7 Å². The van der Waals surface area contributed by atoms with Crippen LogP contribution in [0.5, 0.6) is 0 Å². The molecule has 7 heteroatoms. The van der Waals surface area contributed by atoms with Gasteiger partial charge in [-0.2, -0.15) is 0 Å². The molecule has 3 aromatic rings. The second kappa shape index (κ2) is 5.61. The van der Waals surface area contributed by atoms with Crippen LogP contribution in [0.25, 0.3) is 11.0 Å². The van der Waals surface area contributed by atoms with Crippen LogP contribution in [0.1, 0.15) is 20.9 Å². The molecule has 2 heterocycles. The van der Waals surface area contributed by atoms with Crippen LogP contribution in [0.4, 0.5) is 0 Å². The van der Waals surface area contributed by atoms with Gasteiger partial charge in [0, 0.05) is 30.5 Å². The predicted octanol–water partition coefficient (Wildman–Crippen LogP) is 1.71. The SMILES string of the molecule is Cc1ncsc1CCNC(=O)c1ccc2c(c1)nnn2C. The van der Waals surface area contributed by atoms with E-state index in [-0.39, 0.29) is 5.91 Å². The van der Waals surface area contributed by atoms with Crippen molar-refractivity contribution in [3.8, 4) is 0 Å². The molecule has 0 spiro atoms. The first-order chi connectivity index (χ1) is 10.1. The van der Waals surface area contributed by atoms with Gasteiger partial charge in [0.05, 0.1) is 16.7 Å². The summed E-state index contributed by atoms with van der Waals surface area (Å²) in [6.45, 7) is 2.58. The third-order valence-electron chi connectivity index (χ3n) is 3.36. The molecule has 1 aromatic carbocycles. The van der Waals surface area contributed by atoms with Gasteiger partial charge in [-0.1, -0.05) is 5.21 Å². The Morgan fingerprint density at radius 2 is 2.29 bits per heavy atom. The van der Waals surface area contributed by atoms with Crippen molar-refractivity contribution in [1.82, 2.24) is 25.3 Å². The fourth-order valence-electron chi connectivity index (χ4n) is 2.14. The van der Waals surface area contributed by atoms with Gasteiger partial charge in [-0.3, -0.25) is 4.79 Å². The van der Waals surface area contributed by atoms with Crippen LogP contribution in [0.3, 0.4) is 0 Å². The lowest BCUT2D eigenvalue weighted by Gasteiger charge is -2.04. The van der Waals surface area contributed by atoms with Gasteiger partial charge in [0.2, 0.25) is 0 Å². The summed E-state index contributed by atoms with van der Waals surface area (Å²) in [6, 6.07) is 5.41. The molecular weight excluding hydrogens is 286 g/mol. The van der Waals surface area contributed by atoms with Gasteiger partial charge in [0.25, 0.3) is 5.91 Å². The minimum absolute atomic E-state index is 0.0929. The van der Waals surface area contributed by atoms with Crippen LogP contribution in [0, 0.1) is 6.92 Å². The number of nitrogens with one attached hydrogen (secondary N) is 1. The summed E-state index contributed by atoms with van der Waals surface area (Å²) in [7, 11) is 1.83. The highest BCUT2D eigenvalue weighted by atomic mass is 32.1. The summed E-state index contributed by atoms with van der Waals surface area (Å²) >= 11 is 1.62. The first-order valence-electron chi connectivity index (χ1n) is 6.62. The maximum atomic E-state index is 12.1. The molecule has 1 N–H and O–H groups in total. The lowest BCUT2D eigenvalue weighted by molar-refractivity contribution is 0.0954. The Hall–Kier alpha value is -2.28. The molecule has 6 nitrogen and oxygen atoms in total. The number of aryl methyl sites for hydroxylation is 2. The Balaban J connectivity index is 1.65. The standard InChI is InChI=1S/C14H15N5OS/c1-9-13(21-8-16-9)5-6-15-14(20)10-3-4-12-11(7-10)17-18-19(12)2/h3-4,7-8H,5-6H2,1-2H3,(H,15,20). The Labute approximate surface area is 125 Å². The largest absolute Gasteiger partial charge is 0.352 e. The molecule has 0 unspecified atom stereocenters. The highest BCUT2D eigenvalue weighted by Crippen LogP contribution is 2.13. The van der Waals surface area contributed by atoms with Gasteiger partial charge in [0.1, 0.15) is 5.52 Å². The zero-order chi connectivity index (χ0) is 14.8. The third kappa shape index (κ3) is 2.78. The minimum atomic E-state index is -0.0929. The molecule has 0 aliphatic heterocycles. The Kier molecular flexibility index (Phi) is 3.66. The van der Waals surface area contributed by atoms with Crippen LogP contribution >= 0.6 is 11.3 Å². The van der Waals surface area contributed by atoms with Crippen LogP contribution in [-0.4, -0.2) is 32.4 Å². The summed E-state index contributed by atoms with van der Waals surface area (Å²) < 4.78 is 1.68. The van der Waals surface area contributed by atoms with E-state index in [1.807, 2.05) is 25.5 Å². The van der Waals surface area contributed by atoms with E-state index in [0.29, 0.717) is 12.1 Å². The van der Waals surface area contributed by atoms with Gasteiger partial charge in [-0.05, 0) is 25.1 Å². The maximum absolute atomic E-state index is 12.1. The number of hydrogen-bond acceptors (Lipinski definition) is 5. The number of carbonyl (C=O) groups excluding carboxylic acids is 1. The Morgan fingerprint density at radius 3 is 3.05 bits per heavy atom. The minimum Gasteiger partial charge on any atom is -0.352 e. The number of amides is 1. The van der Waals surface area contributed by atoms with E-state index >= 15 is 0 Å². The van der Waals surface area contributed by atoms with Crippen molar-refractivity contribution in [3.05, 3.63) is 39.8 Å². The molecule has 108 valence electrons. The third-order valence-corrected chi connectivity index (χ3v) is 4.35. The first kappa shape index (κ1) is 13.7. The number of rotatable bonds is 4. The maximum Gasteiger partial charge on any atom is 0.251 e. The zero-order valence-corrected chi connectivity index (χ0v) is 12.6. The molecule has 0 saturated carbocycles. The van der Waals surface area contributed by atoms with Crippen molar-refractivity contribution in [3.63, 3.8) is 0 Å². The molecule has 0 radical (unpaired) electrons. The molecule has 0 atom stereocenters. The van der Waals surface area contributed by atoms with Crippen molar-refractivity contribution < 1.29 is 4.79 Å². The summed E-state index contributed by atoms with van der Waals surface area (Å²) in [5.74, 6) is -0.0929. The monoisotopic (exact) mass is 301 g/mol. The molecule has 0 aliphatic carbocycles.